The first-order valence-electron chi connectivity index (χ1n) is 48.3. The van der Waals surface area contributed by atoms with Crippen LogP contribution in [0.1, 0.15) is 295 Å². The maximum Gasteiger partial charge on any atom is 0.356 e. The summed E-state index contributed by atoms with van der Waals surface area (Å²) < 4.78 is 15.3. The number of rotatable bonds is 28. The molecule has 9 aromatic heterocycles. The van der Waals surface area contributed by atoms with Crippen LogP contribution in [-0.4, -0.2) is 188 Å². The second-order valence-electron chi connectivity index (χ2n) is 37.4. The minimum atomic E-state index is -1.01. The number of hydrogen-bond donors (Lipinski definition) is 9. The van der Waals surface area contributed by atoms with E-state index in [0.717, 1.165) is 90.3 Å². The zero-order valence-corrected chi connectivity index (χ0v) is 81.9. The second kappa shape index (κ2) is 51.9. The number of hydrogen-bond acceptors (Lipinski definition) is 18. The predicted octanol–water partition coefficient (Wildman–Crippen LogP) is 19.8. The summed E-state index contributed by atoms with van der Waals surface area (Å²) in [5.74, 6) is -4.73. The minimum absolute atomic E-state index is 0.0499. The second-order valence-corrected chi connectivity index (χ2v) is 37.4. The Bertz CT molecular complexity index is 6420. The van der Waals surface area contributed by atoms with Crippen molar-refractivity contribution in [2.75, 3.05) is 0 Å². The summed E-state index contributed by atoms with van der Waals surface area (Å²) in [6.45, 7) is 20.2. The van der Waals surface area contributed by atoms with E-state index < -0.39 is 53.7 Å². The average molecular weight is 1950 g/mol. The van der Waals surface area contributed by atoms with Gasteiger partial charge < -0.3 is 46.0 Å². The molecule has 36 nitrogen and oxygen atoms in total. The van der Waals surface area contributed by atoms with Crippen LogP contribution in [0.4, 0.5) is 0 Å². The summed E-state index contributed by atoms with van der Waals surface area (Å²) in [5, 5.41) is 115. The van der Waals surface area contributed by atoms with Crippen LogP contribution < -0.4 is 0 Å². The van der Waals surface area contributed by atoms with Gasteiger partial charge in [-0.3, -0.25) is 32.8 Å². The summed E-state index contributed by atoms with van der Waals surface area (Å²) >= 11 is 0. The molecule has 0 aliphatic heterocycles. The molecule has 0 saturated heterocycles. The molecule has 9 N–H and O–H groups in total. The number of unbranched alkanes of at least 4 members (excludes halogenated alkanes) is 1. The van der Waals surface area contributed by atoms with Crippen molar-refractivity contribution >= 4 is 53.7 Å². The number of aromatic carboxylic acids is 9. The molecule has 0 radical (unpaired) electrons. The Morgan fingerprint density at radius 2 is 0.748 bits per heavy atom. The fraction of sp³-hybridized carbons (Fsp3) is 0.383. The third kappa shape index (κ3) is 31.9. The highest BCUT2D eigenvalue weighted by Gasteiger charge is 2.51. The molecule has 36 heteroatoms. The van der Waals surface area contributed by atoms with Gasteiger partial charge in [-0.2, -0.15) is 45.9 Å². The molecule has 6 saturated carbocycles. The van der Waals surface area contributed by atoms with E-state index >= 15 is 0 Å². The molecule has 20 rings (SSSR count). The molecule has 14 aromatic rings. The quantitative estimate of drug-likeness (QED) is 0.0220. The summed E-state index contributed by atoms with van der Waals surface area (Å²) in [7, 11) is 0. The van der Waals surface area contributed by atoms with Crippen LogP contribution in [0.5, 0.6) is 0 Å². The number of para-hydroxylation sites is 2. The van der Waals surface area contributed by atoms with E-state index in [0.29, 0.717) is 36.4 Å². The third-order valence-electron chi connectivity index (χ3n) is 26.2. The maximum atomic E-state index is 10.9. The van der Waals surface area contributed by atoms with Crippen molar-refractivity contribution in [1.82, 2.24) is 88.0 Å². The number of carbonyl (C=O) groups is 9. The molecule has 0 amide bonds. The molecule has 0 spiro atoms. The predicted molar refractivity (Wildman–Crippen MR) is 533 cm³/mol. The highest BCUT2D eigenvalue weighted by atomic mass is 16.4. The molecule has 6 aliphatic carbocycles. The van der Waals surface area contributed by atoms with Crippen molar-refractivity contribution in [3.8, 4) is 11.4 Å². The molecule has 143 heavy (non-hydrogen) atoms. The molecule has 754 valence electrons. The van der Waals surface area contributed by atoms with Gasteiger partial charge in [0.25, 0.3) is 0 Å². The Balaban J connectivity index is 0.000000154. The van der Waals surface area contributed by atoms with E-state index in [-0.39, 0.29) is 56.8 Å². The molecule has 4 bridgehead atoms. The maximum absolute atomic E-state index is 10.9. The minimum Gasteiger partial charge on any atom is -0.476 e. The Labute approximate surface area is 829 Å². The zero-order chi connectivity index (χ0) is 103. The van der Waals surface area contributed by atoms with Gasteiger partial charge in [-0.15, -0.1) is 0 Å². The third-order valence-corrected chi connectivity index (χ3v) is 26.2. The normalized spacial score (nSPS) is 16.2. The monoisotopic (exact) mass is 1950 g/mol. The lowest BCUT2D eigenvalue weighted by Crippen LogP contribution is -2.48. The van der Waals surface area contributed by atoms with Crippen LogP contribution in [-0.2, 0) is 38.3 Å². The van der Waals surface area contributed by atoms with Crippen LogP contribution in [0, 0.1) is 62.7 Å². The molecular weight excluding hydrogens is 1830 g/mol. The Morgan fingerprint density at radius 3 is 1.21 bits per heavy atom. The fourth-order valence-corrected chi connectivity index (χ4v) is 19.1. The number of aromatic nitrogens is 18. The molecule has 6 fully saturated rings. The standard InChI is InChI=1S/C15H20N2O2.2C13H14N2O2.C12H12N2O2.C12H20N2O2.C11H16N2O2.C11H10N2O2.C10H14N2O2.C10H8N2O2/c18-14(19)13-1-2-17(16-13)9-15-6-10-3-11(7-15)5-12(4-10)8-15;1-9-4-3-5-10(2)11(9)8-15-7-6-12(14-15)13(16)17;1-13(2,10-6-4-3-5-7-10)15-9-8-11(14-15)12(16)17;1-8-4-3-5-9(2)11(8)14-7-6-10(13-14)12(15)16;1-3-5-6-10(4-2)9-14-8-7-11(13-14)12(15)16;2*14-11(15)10-6-7-13(12-10)8-9-4-2-1-3-5-9;2*13-10(14)9-6-7-12(11-9)8-4-2-1-3-5-8/h1-2,10-12H,3-9H2,(H,18,19);3-7H,8H2,1-2H3,(H,16,17);3-9H,1-2H3,(H,16,17);3-7H,1-2H3,(H,15,16);7-8,10H,3-6,9H2,1-2H3,(H,15,16);6-7,9H,1-5,8H2,(H,14,15);1-7H,8H2,(H,14,15);6-8H,1-5H2,(H,13,14);1-7H,(H,13,14). The summed E-state index contributed by atoms with van der Waals surface area (Å²) in [6.07, 6.45) is 41.0. The lowest BCUT2D eigenvalue weighted by Gasteiger charge is -2.56. The average Bonchev–Trinajstić information content (AvgIpc) is 1.62. The van der Waals surface area contributed by atoms with Crippen LogP contribution in [0.15, 0.2) is 238 Å². The van der Waals surface area contributed by atoms with Crippen LogP contribution in [0.25, 0.3) is 11.4 Å². The number of aryl methyl sites for hydroxylation is 4. The van der Waals surface area contributed by atoms with Gasteiger partial charge in [-0.05, 0) is 253 Å². The molecule has 6 aliphatic rings. The number of carboxylic acids is 9. The Kier molecular flexibility index (Phi) is 39.1. The Hall–Kier alpha value is -15.8. The van der Waals surface area contributed by atoms with Crippen molar-refractivity contribution < 1.29 is 89.1 Å². The van der Waals surface area contributed by atoms with E-state index in [1.807, 2.05) is 184 Å². The highest BCUT2D eigenvalue weighted by Crippen LogP contribution is 2.60. The lowest BCUT2D eigenvalue weighted by atomic mass is 9.49. The topological polar surface area (TPSA) is 496 Å². The van der Waals surface area contributed by atoms with Crippen molar-refractivity contribution in [3.05, 3.63) is 328 Å². The van der Waals surface area contributed by atoms with Gasteiger partial charge in [-0.25, -0.2) is 52.5 Å². The van der Waals surface area contributed by atoms with Gasteiger partial charge in [0.1, 0.15) is 0 Å². The number of nitrogens with zero attached hydrogens (tertiary/aromatic N) is 18. The van der Waals surface area contributed by atoms with E-state index in [1.165, 1.54) is 161 Å². The van der Waals surface area contributed by atoms with Gasteiger partial charge in [0.05, 0.1) is 36.0 Å². The number of carboxylic acid groups (broad SMARTS) is 9. The highest BCUT2D eigenvalue weighted by molar-refractivity contribution is 5.88. The fourth-order valence-electron chi connectivity index (χ4n) is 19.1. The Morgan fingerprint density at radius 1 is 0.371 bits per heavy atom. The van der Waals surface area contributed by atoms with Gasteiger partial charge in [0.2, 0.25) is 0 Å². The van der Waals surface area contributed by atoms with Crippen molar-refractivity contribution in [1.29, 1.82) is 0 Å². The molecule has 1 atom stereocenters. The van der Waals surface area contributed by atoms with E-state index in [2.05, 4.69) is 59.7 Å². The number of benzene rings is 5. The first kappa shape index (κ1) is 108. The van der Waals surface area contributed by atoms with Crippen molar-refractivity contribution in [2.45, 2.75) is 228 Å². The lowest BCUT2D eigenvalue weighted by molar-refractivity contribution is -0.0636. The van der Waals surface area contributed by atoms with E-state index in [4.69, 9.17) is 46.0 Å². The van der Waals surface area contributed by atoms with Gasteiger partial charge in [0, 0.05) is 75.4 Å². The summed E-state index contributed by atoms with van der Waals surface area (Å²) in [5.41, 5.74) is 10.6. The summed E-state index contributed by atoms with van der Waals surface area (Å²) in [4.78, 5) is 96.2. The van der Waals surface area contributed by atoms with Gasteiger partial charge in [-0.1, -0.05) is 187 Å². The zero-order valence-electron chi connectivity index (χ0n) is 81.9. The van der Waals surface area contributed by atoms with Crippen molar-refractivity contribution in [2.24, 2.45) is 35.0 Å². The first-order chi connectivity index (χ1) is 68.5. The molecule has 9 heterocycles. The molecule has 5 aromatic carbocycles. The smallest absolute Gasteiger partial charge is 0.356 e. The van der Waals surface area contributed by atoms with E-state index in [1.54, 1.807) is 102 Å². The largest absolute Gasteiger partial charge is 0.476 e. The molecular formula is C107H128N18O18. The van der Waals surface area contributed by atoms with Gasteiger partial charge >= 0.3 is 53.7 Å². The van der Waals surface area contributed by atoms with Crippen LogP contribution >= 0.6 is 0 Å². The SMILES string of the molecule is CC(C)(c1ccccc1)n1ccc(C(=O)O)n1.CCCCC(CC)Cn1ccc(C(=O)O)n1.Cc1cccc(C)c1-n1ccc(C(=O)O)n1.Cc1cccc(C)c1Cn1ccc(C(=O)O)n1.O=C(O)c1ccn(-c2ccccc2)n1.O=C(O)c1ccn(C2CCCCC2)n1.O=C(O)c1ccn(CC23CC4CC(CC(C4)C2)C3)n1.O=C(O)c1ccn(CC2CCCCC2)n1.O=C(O)c1ccn(Cc2ccccc2)n1. The first-order valence-corrected chi connectivity index (χ1v) is 48.3. The van der Waals surface area contributed by atoms with Gasteiger partial charge in [0.15, 0.2) is 51.2 Å². The molecule has 1 unspecified atom stereocenters. The van der Waals surface area contributed by atoms with E-state index in [9.17, 15) is 43.2 Å². The van der Waals surface area contributed by atoms with Crippen molar-refractivity contribution in [3.63, 3.8) is 0 Å². The summed E-state index contributed by atoms with van der Waals surface area (Å²) in [6, 6.07) is 55.2. The van der Waals surface area contributed by atoms with Crippen LogP contribution in [0.2, 0.25) is 0 Å². The van der Waals surface area contributed by atoms with Crippen LogP contribution in [0.3, 0.4) is 0 Å².